The Labute approximate surface area is 182 Å². The van der Waals surface area contributed by atoms with Gasteiger partial charge in [0.2, 0.25) is 0 Å². The number of nitrogens with zero attached hydrogens (tertiary/aromatic N) is 3. The molecule has 0 saturated carbocycles. The highest BCUT2D eigenvalue weighted by Gasteiger charge is 2.35. The Hall–Kier alpha value is -2.98. The number of halogens is 3. The van der Waals surface area contributed by atoms with Crippen LogP contribution in [0.5, 0.6) is 5.75 Å². The van der Waals surface area contributed by atoms with Crippen LogP contribution >= 0.6 is 0 Å². The van der Waals surface area contributed by atoms with E-state index in [1.807, 2.05) is 0 Å². The van der Waals surface area contributed by atoms with E-state index >= 15 is 0 Å². The molecule has 2 N–H and O–H groups in total. The molecule has 7 nitrogen and oxygen atoms in total. The SMILES string of the molecule is Cc1nc(N[C@H](C)c2cccc(C(F)(F)CO)c2F)c2cc(O[C@H]3CCOC3)cnc2n1. The lowest BCUT2D eigenvalue weighted by Crippen LogP contribution is -2.22. The molecule has 0 amide bonds. The Morgan fingerprint density at radius 2 is 2.16 bits per heavy atom. The first-order valence-electron chi connectivity index (χ1n) is 10.2. The Balaban J connectivity index is 1.66. The molecule has 1 aromatic carbocycles. The number of aromatic nitrogens is 3. The number of alkyl halides is 2. The lowest BCUT2D eigenvalue weighted by Gasteiger charge is -2.21. The van der Waals surface area contributed by atoms with E-state index in [9.17, 15) is 13.2 Å². The standard InChI is InChI=1S/C22H23F3N4O3/c1-12(16-4-3-5-18(19(16)23)22(24,25)11-30)27-21-17-8-15(32-14-6-7-31-10-14)9-26-20(17)28-13(2)29-21/h3-5,8-9,12,14,30H,6-7,10-11H2,1-2H3,(H,26,27,28,29)/t12-,14+/m1/s1. The molecule has 0 spiro atoms. The fraction of sp³-hybridized carbons (Fsp3) is 0.409. The van der Waals surface area contributed by atoms with Gasteiger partial charge in [-0.2, -0.15) is 8.78 Å². The molecular weight excluding hydrogens is 425 g/mol. The number of nitrogens with one attached hydrogen (secondary N) is 1. The van der Waals surface area contributed by atoms with Gasteiger partial charge in [-0.15, -0.1) is 0 Å². The molecular formula is C22H23F3N4O3. The van der Waals surface area contributed by atoms with Crippen LogP contribution in [0.3, 0.4) is 0 Å². The second-order valence-corrected chi connectivity index (χ2v) is 7.70. The summed E-state index contributed by atoms with van der Waals surface area (Å²) in [6, 6.07) is 4.73. The Bertz CT molecular complexity index is 1120. The van der Waals surface area contributed by atoms with Crippen molar-refractivity contribution in [1.29, 1.82) is 0 Å². The van der Waals surface area contributed by atoms with Crippen molar-refractivity contribution in [2.45, 2.75) is 38.3 Å². The predicted octanol–water partition coefficient (Wildman–Crippen LogP) is 3.90. The highest BCUT2D eigenvalue weighted by Crippen LogP contribution is 2.34. The predicted molar refractivity (Wildman–Crippen MR) is 111 cm³/mol. The van der Waals surface area contributed by atoms with E-state index in [-0.39, 0.29) is 11.7 Å². The molecule has 4 rings (SSSR count). The van der Waals surface area contributed by atoms with Crippen LogP contribution in [0.4, 0.5) is 19.0 Å². The van der Waals surface area contributed by atoms with Gasteiger partial charge in [0.1, 0.15) is 35.9 Å². The number of ether oxygens (including phenoxy) is 2. The Morgan fingerprint density at radius 3 is 2.88 bits per heavy atom. The van der Waals surface area contributed by atoms with Gasteiger partial charge in [-0.05, 0) is 26.0 Å². The molecule has 1 aliphatic rings. The summed E-state index contributed by atoms with van der Waals surface area (Å²) >= 11 is 0. The van der Waals surface area contributed by atoms with Gasteiger partial charge in [-0.1, -0.05) is 12.1 Å². The number of pyridine rings is 1. The molecule has 0 unspecified atom stereocenters. The van der Waals surface area contributed by atoms with E-state index in [1.54, 1.807) is 26.1 Å². The smallest absolute Gasteiger partial charge is 0.298 e. The molecule has 10 heteroatoms. The molecule has 2 atom stereocenters. The first kappa shape index (κ1) is 22.2. The van der Waals surface area contributed by atoms with Crippen LogP contribution < -0.4 is 10.1 Å². The van der Waals surface area contributed by atoms with E-state index in [0.29, 0.717) is 41.6 Å². The van der Waals surface area contributed by atoms with Crippen LogP contribution in [0.2, 0.25) is 0 Å². The average Bonchev–Trinajstić information content (AvgIpc) is 3.27. The van der Waals surface area contributed by atoms with E-state index in [0.717, 1.165) is 12.5 Å². The molecule has 0 aliphatic carbocycles. The van der Waals surface area contributed by atoms with Gasteiger partial charge in [0.15, 0.2) is 5.65 Å². The van der Waals surface area contributed by atoms with Crippen LogP contribution in [-0.2, 0) is 10.7 Å². The summed E-state index contributed by atoms with van der Waals surface area (Å²) in [6.45, 7) is 2.98. The molecule has 3 aromatic rings. The van der Waals surface area contributed by atoms with Crippen molar-refractivity contribution < 1.29 is 27.8 Å². The van der Waals surface area contributed by atoms with Crippen molar-refractivity contribution in [3.05, 3.63) is 53.2 Å². The highest BCUT2D eigenvalue weighted by molar-refractivity contribution is 5.87. The summed E-state index contributed by atoms with van der Waals surface area (Å²) in [7, 11) is 0. The lowest BCUT2D eigenvalue weighted by molar-refractivity contribution is -0.0583. The summed E-state index contributed by atoms with van der Waals surface area (Å²) in [5, 5.41) is 12.6. The third kappa shape index (κ3) is 4.46. The van der Waals surface area contributed by atoms with Gasteiger partial charge in [0.05, 0.1) is 36.4 Å². The minimum absolute atomic E-state index is 0.0171. The number of aliphatic hydroxyl groups is 1. The molecule has 0 radical (unpaired) electrons. The van der Waals surface area contributed by atoms with Crippen molar-refractivity contribution in [2.24, 2.45) is 0 Å². The van der Waals surface area contributed by atoms with E-state index in [1.165, 1.54) is 12.1 Å². The molecule has 1 saturated heterocycles. The van der Waals surface area contributed by atoms with Crippen molar-refractivity contribution in [3.8, 4) is 5.75 Å². The van der Waals surface area contributed by atoms with E-state index in [4.69, 9.17) is 14.6 Å². The number of benzene rings is 1. The summed E-state index contributed by atoms with van der Waals surface area (Å²) in [5.74, 6) is -3.42. The quantitative estimate of drug-likeness (QED) is 0.567. The maximum atomic E-state index is 14.9. The largest absolute Gasteiger partial charge is 0.486 e. The van der Waals surface area contributed by atoms with Gasteiger partial charge in [0, 0.05) is 12.0 Å². The van der Waals surface area contributed by atoms with Gasteiger partial charge in [-0.25, -0.2) is 19.3 Å². The Morgan fingerprint density at radius 1 is 1.34 bits per heavy atom. The average molecular weight is 448 g/mol. The van der Waals surface area contributed by atoms with Gasteiger partial charge < -0.3 is 19.9 Å². The number of anilines is 1. The van der Waals surface area contributed by atoms with Crippen molar-refractivity contribution >= 4 is 16.9 Å². The number of aryl methyl sites for hydroxylation is 1. The summed E-state index contributed by atoms with van der Waals surface area (Å²) < 4.78 is 54.0. The van der Waals surface area contributed by atoms with Gasteiger partial charge >= 0.3 is 0 Å². The zero-order valence-electron chi connectivity index (χ0n) is 17.6. The maximum Gasteiger partial charge on any atom is 0.298 e. The van der Waals surface area contributed by atoms with Crippen LogP contribution in [0.1, 0.15) is 36.3 Å². The van der Waals surface area contributed by atoms with Crippen LogP contribution in [0.15, 0.2) is 30.5 Å². The van der Waals surface area contributed by atoms with Crippen molar-refractivity contribution in [3.63, 3.8) is 0 Å². The first-order valence-corrected chi connectivity index (χ1v) is 10.2. The molecule has 2 aromatic heterocycles. The third-order valence-electron chi connectivity index (χ3n) is 5.27. The number of rotatable bonds is 7. The molecule has 32 heavy (non-hydrogen) atoms. The van der Waals surface area contributed by atoms with Crippen LogP contribution in [0.25, 0.3) is 11.0 Å². The molecule has 3 heterocycles. The lowest BCUT2D eigenvalue weighted by atomic mass is 10.0. The van der Waals surface area contributed by atoms with E-state index in [2.05, 4.69) is 20.3 Å². The van der Waals surface area contributed by atoms with Gasteiger partial charge in [-0.3, -0.25) is 0 Å². The van der Waals surface area contributed by atoms with E-state index < -0.39 is 30.0 Å². The topological polar surface area (TPSA) is 89.4 Å². The molecule has 1 fully saturated rings. The zero-order valence-corrected chi connectivity index (χ0v) is 17.6. The second kappa shape index (κ2) is 8.87. The first-order chi connectivity index (χ1) is 15.3. The maximum absolute atomic E-state index is 14.9. The van der Waals surface area contributed by atoms with Gasteiger partial charge in [0.25, 0.3) is 5.92 Å². The molecule has 170 valence electrons. The third-order valence-corrected chi connectivity index (χ3v) is 5.27. The minimum Gasteiger partial charge on any atom is -0.486 e. The molecule has 1 aliphatic heterocycles. The normalized spacial score (nSPS) is 17.5. The van der Waals surface area contributed by atoms with Crippen molar-refractivity contribution in [1.82, 2.24) is 15.0 Å². The summed E-state index contributed by atoms with van der Waals surface area (Å²) in [5.41, 5.74) is -0.419. The summed E-state index contributed by atoms with van der Waals surface area (Å²) in [6.07, 6.45) is 2.28. The minimum atomic E-state index is -3.68. The fourth-order valence-electron chi connectivity index (χ4n) is 3.61. The number of hydrogen-bond acceptors (Lipinski definition) is 7. The van der Waals surface area contributed by atoms with Crippen LogP contribution in [0, 0.1) is 12.7 Å². The summed E-state index contributed by atoms with van der Waals surface area (Å²) in [4.78, 5) is 13.1. The Kier molecular flexibility index (Phi) is 6.16. The second-order valence-electron chi connectivity index (χ2n) is 7.70. The highest BCUT2D eigenvalue weighted by atomic mass is 19.3. The number of fused-ring (bicyclic) bond motifs is 1. The monoisotopic (exact) mass is 448 g/mol. The number of hydrogen-bond donors (Lipinski definition) is 2. The van der Waals surface area contributed by atoms with Crippen molar-refractivity contribution in [2.75, 3.05) is 25.1 Å². The van der Waals surface area contributed by atoms with Crippen LogP contribution in [-0.4, -0.2) is 46.0 Å². The number of aliphatic hydroxyl groups excluding tert-OH is 1. The zero-order chi connectivity index (χ0) is 22.9. The fourth-order valence-corrected chi connectivity index (χ4v) is 3.61. The molecule has 0 bridgehead atoms.